The summed E-state index contributed by atoms with van der Waals surface area (Å²) in [5.74, 6) is -5.98. The van der Waals surface area contributed by atoms with E-state index in [2.05, 4.69) is 19.4 Å². The summed E-state index contributed by atoms with van der Waals surface area (Å²) in [6.07, 6.45) is -14.7. The maximum atomic E-state index is 14.1. The molecular weight excluding hydrogens is 494 g/mol. The Morgan fingerprint density at radius 2 is 1.38 bits per heavy atom. The van der Waals surface area contributed by atoms with Gasteiger partial charge < -0.3 is 9.47 Å². The van der Waals surface area contributed by atoms with Crippen LogP contribution in [0.1, 0.15) is 4.88 Å². The summed E-state index contributed by atoms with van der Waals surface area (Å²) < 4.78 is 134. The highest BCUT2D eigenvalue weighted by Gasteiger charge is 2.34. The zero-order chi connectivity index (χ0) is 24.3. The van der Waals surface area contributed by atoms with Gasteiger partial charge in [-0.3, -0.25) is 10.6 Å². The molecule has 2 aromatic rings. The Labute approximate surface area is 174 Å². The number of hydrogen-bond acceptors (Lipinski definition) is 6. The first-order valence-electron chi connectivity index (χ1n) is 7.75. The molecule has 0 saturated carbocycles. The molecule has 2 amide bonds. The lowest BCUT2D eigenvalue weighted by Gasteiger charge is -2.14. The molecule has 0 atom stereocenters. The Bertz CT molecular complexity index is 918. The molecule has 2 N–H and O–H groups in total. The molecule has 2 aromatic heterocycles. The third kappa shape index (κ3) is 7.89. The first-order valence-corrected chi connectivity index (χ1v) is 8.57. The predicted octanol–water partition coefficient (Wildman–Crippen LogP) is 5.22. The number of carbonyl (C=O) groups is 1. The minimum absolute atomic E-state index is 0.112. The molecule has 0 aromatic carbocycles. The minimum atomic E-state index is -4.98. The topological polar surface area (TPSA) is 85.4 Å². The van der Waals surface area contributed by atoms with E-state index in [1.165, 1.54) is 0 Å². The second-order valence-electron chi connectivity index (χ2n) is 5.52. The standard InChI is InChI=1S/C14H8F10N4O3S/c15-7-8(30-3-12(16,17)18)26-10(27-9(7)31-4-13(19,20)21)28-11(29)25-6-2-1-5(32-6)14(22,23)24/h1-2H,3-4H2,(H2,25,26,27,28,29). The van der Waals surface area contributed by atoms with E-state index in [1.807, 2.05) is 5.32 Å². The molecule has 0 saturated heterocycles. The summed E-state index contributed by atoms with van der Waals surface area (Å²) in [6, 6.07) is 0.158. The summed E-state index contributed by atoms with van der Waals surface area (Å²) in [5.41, 5.74) is 0. The number of thiophene rings is 1. The van der Waals surface area contributed by atoms with Crippen LogP contribution in [0.5, 0.6) is 11.8 Å². The van der Waals surface area contributed by atoms with Crippen molar-refractivity contribution in [1.29, 1.82) is 0 Å². The lowest BCUT2D eigenvalue weighted by atomic mass is 10.4. The Balaban J connectivity index is 2.22. The number of amides is 2. The van der Waals surface area contributed by atoms with Gasteiger partial charge in [-0.25, -0.2) is 4.79 Å². The number of hydrogen-bond donors (Lipinski definition) is 2. The number of nitrogens with one attached hydrogen (secondary N) is 2. The van der Waals surface area contributed by atoms with Crippen LogP contribution >= 0.6 is 11.3 Å². The first-order chi connectivity index (χ1) is 14.5. The molecular formula is C14H8F10N4O3S. The fourth-order valence-electron chi connectivity index (χ4n) is 1.76. The highest BCUT2D eigenvalue weighted by atomic mass is 32.1. The summed E-state index contributed by atoms with van der Waals surface area (Å²) in [7, 11) is 0. The SMILES string of the molecule is O=C(Nc1nc(OCC(F)(F)F)c(F)c(OCC(F)(F)F)n1)Nc1ccc(C(F)(F)F)s1. The van der Waals surface area contributed by atoms with Gasteiger partial charge in [0.1, 0.15) is 4.88 Å². The Morgan fingerprint density at radius 3 is 1.78 bits per heavy atom. The third-order valence-corrected chi connectivity index (χ3v) is 3.93. The largest absolute Gasteiger partial charge is 0.466 e. The Kier molecular flexibility index (Phi) is 7.26. The molecule has 178 valence electrons. The average molecular weight is 502 g/mol. The van der Waals surface area contributed by atoms with Crippen LogP contribution < -0.4 is 20.1 Å². The van der Waals surface area contributed by atoms with E-state index in [-0.39, 0.29) is 16.3 Å². The van der Waals surface area contributed by atoms with Crippen molar-refractivity contribution in [3.05, 3.63) is 22.8 Å². The number of halogens is 10. The molecule has 0 unspecified atom stereocenters. The minimum Gasteiger partial charge on any atom is -0.466 e. The van der Waals surface area contributed by atoms with Crippen molar-refractivity contribution in [2.75, 3.05) is 23.8 Å². The van der Waals surface area contributed by atoms with E-state index < -0.39 is 66.2 Å². The van der Waals surface area contributed by atoms with E-state index in [0.29, 0.717) is 6.07 Å². The molecule has 7 nitrogen and oxygen atoms in total. The van der Waals surface area contributed by atoms with Crippen molar-refractivity contribution in [3.8, 4) is 11.8 Å². The summed E-state index contributed by atoms with van der Waals surface area (Å²) in [5, 5.41) is 3.27. The molecule has 32 heavy (non-hydrogen) atoms. The summed E-state index contributed by atoms with van der Waals surface area (Å²) in [4.78, 5) is 17.0. The third-order valence-electron chi connectivity index (χ3n) is 2.88. The molecule has 2 heterocycles. The van der Waals surface area contributed by atoms with Crippen LogP contribution in [-0.2, 0) is 6.18 Å². The molecule has 0 aliphatic carbocycles. The van der Waals surface area contributed by atoms with Crippen molar-refractivity contribution >= 4 is 28.3 Å². The van der Waals surface area contributed by atoms with Crippen LogP contribution in [0.4, 0.5) is 59.6 Å². The van der Waals surface area contributed by atoms with Crippen LogP contribution in [0.15, 0.2) is 12.1 Å². The molecule has 0 bridgehead atoms. The molecule has 18 heteroatoms. The Hall–Kier alpha value is -3.05. The van der Waals surface area contributed by atoms with Gasteiger partial charge in [0.25, 0.3) is 11.8 Å². The van der Waals surface area contributed by atoms with Gasteiger partial charge in [-0.1, -0.05) is 0 Å². The zero-order valence-corrected chi connectivity index (χ0v) is 15.7. The Morgan fingerprint density at radius 1 is 0.875 bits per heavy atom. The number of ether oxygens (including phenoxy) is 2. The van der Waals surface area contributed by atoms with Crippen LogP contribution in [0.2, 0.25) is 0 Å². The monoisotopic (exact) mass is 502 g/mol. The van der Waals surface area contributed by atoms with Gasteiger partial charge in [0.2, 0.25) is 11.8 Å². The molecule has 0 fully saturated rings. The molecule has 2 rings (SSSR count). The lowest BCUT2D eigenvalue weighted by molar-refractivity contribution is -0.155. The van der Waals surface area contributed by atoms with Crippen LogP contribution in [0, 0.1) is 5.82 Å². The lowest BCUT2D eigenvalue weighted by Crippen LogP contribution is -2.24. The highest BCUT2D eigenvalue weighted by Crippen LogP contribution is 2.36. The normalized spacial score (nSPS) is 12.4. The number of nitrogens with zero attached hydrogens (tertiary/aromatic N) is 2. The first kappa shape index (κ1) is 25.2. The van der Waals surface area contributed by atoms with Crippen molar-refractivity contribution in [1.82, 2.24) is 9.97 Å². The number of carbonyl (C=O) groups excluding carboxylic acids is 1. The van der Waals surface area contributed by atoms with Gasteiger partial charge in [0.05, 0.1) is 5.00 Å². The van der Waals surface area contributed by atoms with Gasteiger partial charge in [-0.15, -0.1) is 11.3 Å². The highest BCUT2D eigenvalue weighted by molar-refractivity contribution is 7.16. The van der Waals surface area contributed by atoms with Crippen LogP contribution in [-0.4, -0.2) is 41.6 Å². The number of aromatic nitrogens is 2. The molecule has 0 aliphatic heterocycles. The summed E-state index contributed by atoms with van der Waals surface area (Å²) >= 11 is 0.112. The number of rotatable bonds is 6. The smallest absolute Gasteiger partial charge is 0.425 e. The second-order valence-corrected chi connectivity index (χ2v) is 6.60. The zero-order valence-electron chi connectivity index (χ0n) is 14.9. The van der Waals surface area contributed by atoms with E-state index in [4.69, 9.17) is 0 Å². The fraction of sp³-hybridized carbons (Fsp3) is 0.357. The number of anilines is 2. The second kappa shape index (κ2) is 9.21. The van der Waals surface area contributed by atoms with E-state index in [0.717, 1.165) is 6.07 Å². The van der Waals surface area contributed by atoms with Crippen molar-refractivity contribution in [3.63, 3.8) is 0 Å². The van der Waals surface area contributed by atoms with E-state index >= 15 is 0 Å². The van der Waals surface area contributed by atoms with Crippen molar-refractivity contribution in [2.24, 2.45) is 0 Å². The van der Waals surface area contributed by atoms with Gasteiger partial charge >= 0.3 is 24.6 Å². The van der Waals surface area contributed by atoms with Crippen LogP contribution in [0.25, 0.3) is 0 Å². The maximum Gasteiger partial charge on any atom is 0.425 e. The molecule has 0 spiro atoms. The summed E-state index contributed by atoms with van der Waals surface area (Å²) in [6.45, 7) is -4.19. The predicted molar refractivity (Wildman–Crippen MR) is 87.1 cm³/mol. The van der Waals surface area contributed by atoms with Crippen LogP contribution in [0.3, 0.4) is 0 Å². The van der Waals surface area contributed by atoms with Gasteiger partial charge in [-0.05, 0) is 12.1 Å². The van der Waals surface area contributed by atoms with E-state index in [9.17, 15) is 48.7 Å². The molecule has 0 aliphatic rings. The fourth-order valence-corrected chi connectivity index (χ4v) is 2.53. The number of alkyl halides is 9. The van der Waals surface area contributed by atoms with E-state index in [1.54, 1.807) is 5.32 Å². The van der Waals surface area contributed by atoms with Gasteiger partial charge in [0, 0.05) is 0 Å². The quantitative estimate of drug-likeness (QED) is 0.529. The number of urea groups is 1. The maximum absolute atomic E-state index is 14.1. The molecule has 0 radical (unpaired) electrons. The average Bonchev–Trinajstić information content (AvgIpc) is 3.08. The van der Waals surface area contributed by atoms with Crippen molar-refractivity contribution < 1.29 is 58.2 Å². The van der Waals surface area contributed by atoms with Crippen molar-refractivity contribution in [2.45, 2.75) is 18.5 Å². The van der Waals surface area contributed by atoms with Gasteiger partial charge in [-0.2, -0.15) is 53.9 Å². The van der Waals surface area contributed by atoms with Gasteiger partial charge in [0.15, 0.2) is 13.2 Å².